The first-order valence-electron chi connectivity index (χ1n) is 9.21. The zero-order chi connectivity index (χ0) is 22.1. The van der Waals surface area contributed by atoms with Crippen LogP contribution in [0.5, 0.6) is 5.75 Å². The van der Waals surface area contributed by atoms with Crippen LogP contribution in [0.15, 0.2) is 41.2 Å². The number of rotatable bonds is 5. The molecule has 3 rings (SSSR count). The number of ether oxygens (including phenoxy) is 1. The average molecular weight is 433 g/mol. The molecule has 2 aromatic carbocycles. The lowest BCUT2D eigenvalue weighted by atomic mass is 9.95. The largest absolute Gasteiger partial charge is 0.497 e. The molecular formula is C21H22ClFN4O3. The summed E-state index contributed by atoms with van der Waals surface area (Å²) in [5.41, 5.74) is -0.477. The molecule has 1 heterocycles. The number of aromatic amines is 1. The molecule has 1 amide bonds. The van der Waals surface area contributed by atoms with Gasteiger partial charge in [-0.05, 0) is 30.3 Å². The van der Waals surface area contributed by atoms with Crippen LogP contribution in [0, 0.1) is 11.2 Å². The van der Waals surface area contributed by atoms with Gasteiger partial charge in [-0.15, -0.1) is 5.10 Å². The summed E-state index contributed by atoms with van der Waals surface area (Å²) in [4.78, 5) is 27.0. The van der Waals surface area contributed by atoms with Gasteiger partial charge in [-0.25, -0.2) is 9.18 Å². The van der Waals surface area contributed by atoms with Crippen LogP contribution < -0.4 is 15.7 Å². The Kier molecular flexibility index (Phi) is 5.98. The number of H-pyrrole nitrogens is 1. The highest BCUT2D eigenvalue weighted by Crippen LogP contribution is 2.30. The summed E-state index contributed by atoms with van der Waals surface area (Å²) in [6.45, 7) is 5.28. The maximum Gasteiger partial charge on any atom is 0.348 e. The molecule has 3 aromatic rings. The summed E-state index contributed by atoms with van der Waals surface area (Å²) in [7, 11) is 1.54. The fourth-order valence-electron chi connectivity index (χ4n) is 2.73. The highest BCUT2D eigenvalue weighted by atomic mass is 35.5. The number of nitrogens with zero attached hydrogens (tertiary/aromatic N) is 2. The summed E-state index contributed by atoms with van der Waals surface area (Å²) in [5.74, 6) is -0.258. The van der Waals surface area contributed by atoms with E-state index in [4.69, 9.17) is 16.3 Å². The first-order valence-corrected chi connectivity index (χ1v) is 9.59. The van der Waals surface area contributed by atoms with Gasteiger partial charge in [-0.1, -0.05) is 38.4 Å². The standard InChI is InChI=1S/C21H22ClFN4O3/c1-21(2,3)19(28)24-11-12-5-10-15(22)16(17(12)23)18-25-20(29)27(26-18)13-6-8-14(30-4)9-7-13/h5-10H,11H2,1-4H3,(H,24,28)(H,25,26,29). The second-order valence-electron chi connectivity index (χ2n) is 7.72. The Morgan fingerprint density at radius 1 is 1.23 bits per heavy atom. The number of aromatic nitrogens is 3. The Hall–Kier alpha value is -3.13. The highest BCUT2D eigenvalue weighted by Gasteiger charge is 2.23. The lowest BCUT2D eigenvalue weighted by Gasteiger charge is -2.18. The van der Waals surface area contributed by atoms with Crippen LogP contribution in [0.4, 0.5) is 4.39 Å². The van der Waals surface area contributed by atoms with Gasteiger partial charge >= 0.3 is 5.69 Å². The maximum atomic E-state index is 15.2. The predicted molar refractivity (Wildman–Crippen MR) is 112 cm³/mol. The van der Waals surface area contributed by atoms with Crippen LogP contribution in [0.25, 0.3) is 17.1 Å². The lowest BCUT2D eigenvalue weighted by molar-refractivity contribution is -0.128. The van der Waals surface area contributed by atoms with Gasteiger partial charge in [0.2, 0.25) is 5.91 Å². The van der Waals surface area contributed by atoms with E-state index in [1.807, 2.05) is 0 Å². The molecule has 0 unspecified atom stereocenters. The molecule has 0 aliphatic rings. The van der Waals surface area contributed by atoms with Gasteiger partial charge in [0.15, 0.2) is 5.82 Å². The van der Waals surface area contributed by atoms with Crippen molar-refractivity contribution in [3.63, 3.8) is 0 Å². The number of halogens is 2. The van der Waals surface area contributed by atoms with Crippen molar-refractivity contribution in [1.82, 2.24) is 20.1 Å². The zero-order valence-corrected chi connectivity index (χ0v) is 17.8. The minimum absolute atomic E-state index is 0.0117. The van der Waals surface area contributed by atoms with E-state index in [0.717, 1.165) is 4.68 Å². The van der Waals surface area contributed by atoms with E-state index in [1.165, 1.54) is 19.2 Å². The van der Waals surface area contributed by atoms with E-state index in [0.29, 0.717) is 11.4 Å². The van der Waals surface area contributed by atoms with Crippen molar-refractivity contribution >= 4 is 17.5 Å². The number of benzene rings is 2. The smallest absolute Gasteiger partial charge is 0.348 e. The summed E-state index contributed by atoms with van der Waals surface area (Å²) in [6, 6.07) is 9.67. The molecular weight excluding hydrogens is 411 g/mol. The van der Waals surface area contributed by atoms with Gasteiger partial charge in [0.25, 0.3) is 0 Å². The molecule has 158 valence electrons. The van der Waals surface area contributed by atoms with Gasteiger partial charge in [0, 0.05) is 17.5 Å². The monoisotopic (exact) mass is 432 g/mol. The SMILES string of the molecule is COc1ccc(-n2nc(-c3c(Cl)ccc(CNC(=O)C(C)(C)C)c3F)[nH]c2=O)cc1. The third-order valence-electron chi connectivity index (χ3n) is 4.46. The Bertz CT molecular complexity index is 1130. The first kappa shape index (κ1) is 21.6. The third kappa shape index (κ3) is 4.38. The summed E-state index contributed by atoms with van der Waals surface area (Å²) in [6.07, 6.45) is 0. The maximum absolute atomic E-state index is 15.2. The van der Waals surface area contributed by atoms with Crippen molar-refractivity contribution < 1.29 is 13.9 Å². The molecule has 30 heavy (non-hydrogen) atoms. The molecule has 9 heteroatoms. The molecule has 0 aliphatic heterocycles. The van der Waals surface area contributed by atoms with E-state index < -0.39 is 16.9 Å². The van der Waals surface area contributed by atoms with Gasteiger partial charge < -0.3 is 10.1 Å². The summed E-state index contributed by atoms with van der Waals surface area (Å²) < 4.78 is 21.4. The third-order valence-corrected chi connectivity index (χ3v) is 4.78. The van der Waals surface area contributed by atoms with Crippen molar-refractivity contribution in [1.29, 1.82) is 0 Å². The fraction of sp³-hybridized carbons (Fsp3) is 0.286. The summed E-state index contributed by atoms with van der Waals surface area (Å²) in [5, 5.41) is 6.99. The van der Waals surface area contributed by atoms with Crippen LogP contribution in [0.3, 0.4) is 0 Å². The zero-order valence-electron chi connectivity index (χ0n) is 17.0. The Morgan fingerprint density at radius 2 is 1.90 bits per heavy atom. The first-order chi connectivity index (χ1) is 14.1. The second-order valence-corrected chi connectivity index (χ2v) is 8.12. The van der Waals surface area contributed by atoms with Gasteiger partial charge in [0.1, 0.15) is 11.6 Å². The number of methoxy groups -OCH3 is 1. The van der Waals surface area contributed by atoms with Crippen molar-refractivity contribution in [2.24, 2.45) is 5.41 Å². The van der Waals surface area contributed by atoms with Crippen LogP contribution in [-0.2, 0) is 11.3 Å². The van der Waals surface area contributed by atoms with E-state index in [1.54, 1.807) is 45.0 Å². The average Bonchev–Trinajstić information content (AvgIpc) is 3.07. The van der Waals surface area contributed by atoms with Crippen molar-refractivity contribution in [2.75, 3.05) is 7.11 Å². The number of carbonyl (C=O) groups excluding carboxylic acids is 1. The van der Waals surface area contributed by atoms with Gasteiger partial charge in [0.05, 0.1) is 23.4 Å². The van der Waals surface area contributed by atoms with Gasteiger partial charge in [-0.3, -0.25) is 9.78 Å². The minimum atomic E-state index is -0.660. The minimum Gasteiger partial charge on any atom is -0.497 e. The number of carbonyl (C=O) groups is 1. The Morgan fingerprint density at radius 3 is 2.50 bits per heavy atom. The molecule has 0 atom stereocenters. The number of nitrogens with one attached hydrogen (secondary N) is 2. The number of hydrogen-bond donors (Lipinski definition) is 2. The van der Waals surface area contributed by atoms with Crippen molar-refractivity contribution in [3.05, 3.63) is 63.3 Å². The Balaban J connectivity index is 1.96. The molecule has 0 saturated heterocycles. The highest BCUT2D eigenvalue weighted by molar-refractivity contribution is 6.33. The topological polar surface area (TPSA) is 89.0 Å². The second kappa shape index (κ2) is 8.31. The van der Waals surface area contributed by atoms with Gasteiger partial charge in [-0.2, -0.15) is 4.68 Å². The molecule has 0 saturated carbocycles. The molecule has 0 fully saturated rings. The van der Waals surface area contributed by atoms with Crippen molar-refractivity contribution in [2.45, 2.75) is 27.3 Å². The molecule has 0 aliphatic carbocycles. The molecule has 1 aromatic heterocycles. The number of amides is 1. The molecule has 0 spiro atoms. The van der Waals surface area contributed by atoms with E-state index in [2.05, 4.69) is 15.4 Å². The van der Waals surface area contributed by atoms with E-state index >= 15 is 4.39 Å². The Labute approximate surface area is 177 Å². The van der Waals surface area contributed by atoms with Crippen LogP contribution >= 0.6 is 11.6 Å². The molecule has 0 bridgehead atoms. The molecule has 0 radical (unpaired) electrons. The lowest BCUT2D eigenvalue weighted by Crippen LogP contribution is -2.34. The number of hydrogen-bond acceptors (Lipinski definition) is 4. The predicted octanol–water partition coefficient (Wildman–Crippen LogP) is 3.69. The quantitative estimate of drug-likeness (QED) is 0.643. The van der Waals surface area contributed by atoms with Crippen molar-refractivity contribution in [3.8, 4) is 22.8 Å². The van der Waals surface area contributed by atoms with Crippen LogP contribution in [-0.4, -0.2) is 27.8 Å². The van der Waals surface area contributed by atoms with Crippen LogP contribution in [0.1, 0.15) is 26.3 Å². The normalized spacial score (nSPS) is 11.4. The fourth-order valence-corrected chi connectivity index (χ4v) is 2.96. The molecule has 2 N–H and O–H groups in total. The molecule has 7 nitrogen and oxygen atoms in total. The van der Waals surface area contributed by atoms with Crippen LogP contribution in [0.2, 0.25) is 5.02 Å². The van der Waals surface area contributed by atoms with E-state index in [-0.39, 0.29) is 34.4 Å². The summed E-state index contributed by atoms with van der Waals surface area (Å²) >= 11 is 6.20. The van der Waals surface area contributed by atoms with E-state index in [9.17, 15) is 9.59 Å².